The summed E-state index contributed by atoms with van der Waals surface area (Å²) in [7, 11) is 0. The number of rotatable bonds is 67. The Bertz CT molecular complexity index is 2110. The number of nitrogens with two attached hydrogens (primary N) is 1. The van der Waals surface area contributed by atoms with Crippen molar-refractivity contribution in [3.05, 3.63) is 18.2 Å². The van der Waals surface area contributed by atoms with Crippen LogP contribution in [0.3, 0.4) is 0 Å². The summed E-state index contributed by atoms with van der Waals surface area (Å²) in [4.78, 5) is 127. The average Bonchev–Trinajstić information content (AvgIpc) is 4.20. The minimum absolute atomic E-state index is 0.0280. The van der Waals surface area contributed by atoms with Gasteiger partial charge in [-0.2, -0.15) is 0 Å². The van der Waals surface area contributed by atoms with Crippen LogP contribution in [0.1, 0.15) is 173 Å². The molecule has 0 spiro atoms. The number of carboxylic acid groups (broad SMARTS) is 2. The molecule has 0 saturated heterocycles. The molecule has 0 aliphatic heterocycles. The molecule has 1 unspecified atom stereocenters. The number of aromatic amines is 1. The first-order valence-electron chi connectivity index (χ1n) is 32.8. The van der Waals surface area contributed by atoms with Crippen molar-refractivity contribution in [2.45, 2.75) is 186 Å². The molecule has 10 N–H and O–H groups in total. The van der Waals surface area contributed by atoms with Gasteiger partial charge in [0.05, 0.1) is 85.0 Å². The number of ether oxygens (including phenoxy) is 8. The van der Waals surface area contributed by atoms with Gasteiger partial charge >= 0.3 is 11.9 Å². The number of imidazole rings is 1. The number of aliphatic carboxylic acids is 2. The maximum atomic E-state index is 12.5. The molecule has 0 radical (unpaired) electrons. The van der Waals surface area contributed by atoms with Crippen LogP contribution in [0.2, 0.25) is 0 Å². The highest BCUT2D eigenvalue weighted by molar-refractivity contribution is 5.86. The Morgan fingerprint density at radius 1 is 0.451 bits per heavy atom. The molecule has 1 heterocycles. The molecule has 1 aromatic rings. The van der Waals surface area contributed by atoms with Crippen LogP contribution < -0.4 is 32.3 Å². The number of nitrogens with zero attached hydrogens (tertiary/aromatic N) is 1. The van der Waals surface area contributed by atoms with E-state index in [0.29, 0.717) is 58.1 Å². The van der Waals surface area contributed by atoms with E-state index in [1.54, 1.807) is 6.20 Å². The largest absolute Gasteiger partial charge is 0.481 e. The van der Waals surface area contributed by atoms with Crippen molar-refractivity contribution >= 4 is 58.8 Å². The zero-order valence-corrected chi connectivity index (χ0v) is 54.2. The van der Waals surface area contributed by atoms with Crippen LogP contribution in [-0.2, 0) is 92.3 Å². The second kappa shape index (κ2) is 59.2. The van der Waals surface area contributed by atoms with Gasteiger partial charge in [-0.05, 0) is 51.9 Å². The number of Topliss-reactive ketones (excluding diaryl/α,β-unsaturated/α-hetero) is 3. The van der Waals surface area contributed by atoms with Crippen LogP contribution in [-0.4, -0.2) is 223 Å². The first kappa shape index (κ1) is 83.2. The predicted octanol–water partition coefficient (Wildman–Crippen LogP) is 3.63. The average molecular weight is 1300 g/mol. The molecule has 1 aromatic heterocycles. The van der Waals surface area contributed by atoms with Crippen molar-refractivity contribution in [2.75, 3.05) is 132 Å². The molecule has 3 atom stereocenters. The van der Waals surface area contributed by atoms with Crippen LogP contribution in [0.25, 0.3) is 0 Å². The van der Waals surface area contributed by atoms with E-state index in [4.69, 9.17) is 48.7 Å². The summed E-state index contributed by atoms with van der Waals surface area (Å²) in [5.74, 6) is -3.94. The van der Waals surface area contributed by atoms with E-state index < -0.39 is 24.0 Å². The monoisotopic (exact) mass is 1300 g/mol. The fourth-order valence-electron chi connectivity index (χ4n) is 9.06. The number of carboxylic acids is 2. The Hall–Kier alpha value is -5.85. The first-order valence-corrected chi connectivity index (χ1v) is 32.8. The minimum atomic E-state index is -1.20. The summed E-state index contributed by atoms with van der Waals surface area (Å²) in [6.45, 7) is 4.77. The van der Waals surface area contributed by atoms with Crippen LogP contribution in [0.15, 0.2) is 12.5 Å². The standard InChI is InChI=1S/C63H110N8O20/c1-50(72)51(23-25-56(74)54(64)43-52-44-65-49-70-52)19-16-17-27-66-59(77)46-90-41-38-87-34-30-69-60(78)47-89-40-35-84-31-18-20-53(73)45-88-39-36-86-33-29-68-61(79)48-91-42-37-85-32-28-67-57(75)26-24-55(63(82)83)71-58(76)21-14-12-10-8-6-4-2-3-5-7-9-11-13-15-22-62(80)81/h44,49,51,54-55H,2-43,45-48,64H2,1H3,(H,65,70)(H,66,77)(H,67,75)(H,68,79)(H,69,78)(H,71,76)(H,80,81)(H,82,83)/t51?,54-,55-/m0/s1. The zero-order valence-electron chi connectivity index (χ0n) is 54.2. The van der Waals surface area contributed by atoms with E-state index in [1.807, 2.05) is 0 Å². The van der Waals surface area contributed by atoms with E-state index in [0.717, 1.165) is 50.6 Å². The van der Waals surface area contributed by atoms with Crippen molar-refractivity contribution in [3.8, 4) is 0 Å². The number of hydrogen-bond acceptors (Lipinski definition) is 20. The normalized spacial score (nSPS) is 12.2. The highest BCUT2D eigenvalue weighted by Crippen LogP contribution is 2.18. The molecule has 91 heavy (non-hydrogen) atoms. The summed E-state index contributed by atoms with van der Waals surface area (Å²) >= 11 is 0. The second-order valence-corrected chi connectivity index (χ2v) is 22.2. The number of nitrogens with one attached hydrogen (secondary N) is 6. The molecule has 0 fully saturated rings. The molecule has 1 rings (SSSR count). The Kier molecular flexibility index (Phi) is 54.1. The molecular weight excluding hydrogens is 1190 g/mol. The van der Waals surface area contributed by atoms with E-state index in [1.165, 1.54) is 51.8 Å². The Labute approximate surface area is 537 Å². The maximum absolute atomic E-state index is 12.5. The van der Waals surface area contributed by atoms with Gasteiger partial charge in [-0.25, -0.2) is 9.78 Å². The fourth-order valence-corrected chi connectivity index (χ4v) is 9.06. The number of amides is 5. The third kappa shape index (κ3) is 54.4. The molecule has 5 amide bonds. The lowest BCUT2D eigenvalue weighted by Crippen LogP contribution is -2.41. The van der Waals surface area contributed by atoms with E-state index in [-0.39, 0.29) is 210 Å². The maximum Gasteiger partial charge on any atom is 0.326 e. The Balaban J connectivity index is 1.86. The van der Waals surface area contributed by atoms with Gasteiger partial charge in [0.2, 0.25) is 29.5 Å². The minimum Gasteiger partial charge on any atom is -0.481 e. The van der Waals surface area contributed by atoms with E-state index in [2.05, 4.69) is 36.6 Å². The Morgan fingerprint density at radius 2 is 0.901 bits per heavy atom. The first-order chi connectivity index (χ1) is 44.1. The van der Waals surface area contributed by atoms with Crippen LogP contribution in [0, 0.1) is 5.92 Å². The van der Waals surface area contributed by atoms with Gasteiger partial charge in [-0.1, -0.05) is 83.5 Å². The van der Waals surface area contributed by atoms with Gasteiger partial charge in [0.1, 0.15) is 44.0 Å². The number of carbonyl (C=O) groups excluding carboxylic acids is 8. The topological polar surface area (TPSA) is 400 Å². The lowest BCUT2D eigenvalue weighted by Gasteiger charge is -2.15. The number of hydrogen-bond donors (Lipinski definition) is 9. The van der Waals surface area contributed by atoms with Crippen LogP contribution in [0.4, 0.5) is 0 Å². The molecule has 0 aliphatic rings. The van der Waals surface area contributed by atoms with E-state index >= 15 is 0 Å². The lowest BCUT2D eigenvalue weighted by molar-refractivity contribution is -0.142. The van der Waals surface area contributed by atoms with Crippen LogP contribution in [0.5, 0.6) is 0 Å². The molecule has 0 aromatic carbocycles. The van der Waals surface area contributed by atoms with Crippen LogP contribution >= 0.6 is 0 Å². The van der Waals surface area contributed by atoms with Crippen molar-refractivity contribution in [1.29, 1.82) is 0 Å². The summed E-state index contributed by atoms with van der Waals surface area (Å²) in [5, 5.41) is 31.5. The van der Waals surface area contributed by atoms with Gasteiger partial charge in [0, 0.05) is 89.1 Å². The molecule has 28 heteroatoms. The predicted molar refractivity (Wildman–Crippen MR) is 336 cm³/mol. The summed E-state index contributed by atoms with van der Waals surface area (Å²) in [6, 6.07) is -1.81. The van der Waals surface area contributed by atoms with E-state index in [9.17, 15) is 53.1 Å². The van der Waals surface area contributed by atoms with Gasteiger partial charge in [-0.15, -0.1) is 0 Å². The third-order valence-electron chi connectivity index (χ3n) is 14.3. The van der Waals surface area contributed by atoms with Gasteiger partial charge in [0.15, 0.2) is 5.78 Å². The smallest absolute Gasteiger partial charge is 0.326 e. The summed E-state index contributed by atoms with van der Waals surface area (Å²) in [5.41, 5.74) is 6.80. The lowest BCUT2D eigenvalue weighted by atomic mass is 9.90. The molecule has 0 aliphatic carbocycles. The number of unbranched alkanes of at least 4 members (excludes halogenated alkanes) is 14. The summed E-state index contributed by atoms with van der Waals surface area (Å²) < 4.78 is 43.1. The highest BCUT2D eigenvalue weighted by atomic mass is 16.5. The van der Waals surface area contributed by atoms with Crippen molar-refractivity contribution in [3.63, 3.8) is 0 Å². The molecule has 28 nitrogen and oxygen atoms in total. The highest BCUT2D eigenvalue weighted by Gasteiger charge is 2.22. The molecule has 522 valence electrons. The van der Waals surface area contributed by atoms with Crippen molar-refractivity contribution in [1.82, 2.24) is 36.6 Å². The number of carbonyl (C=O) groups is 10. The van der Waals surface area contributed by atoms with Gasteiger partial charge in [-0.3, -0.25) is 43.2 Å². The van der Waals surface area contributed by atoms with Gasteiger partial charge < -0.3 is 85.4 Å². The Morgan fingerprint density at radius 3 is 1.37 bits per heavy atom. The fraction of sp³-hybridized carbons (Fsp3) is 0.794. The number of H-pyrrole nitrogens is 1. The van der Waals surface area contributed by atoms with Crippen molar-refractivity contribution < 1.29 is 96.1 Å². The number of ketones is 3. The van der Waals surface area contributed by atoms with Gasteiger partial charge in [0.25, 0.3) is 0 Å². The second-order valence-electron chi connectivity index (χ2n) is 22.2. The van der Waals surface area contributed by atoms with Crippen molar-refractivity contribution in [2.24, 2.45) is 11.7 Å². The third-order valence-corrected chi connectivity index (χ3v) is 14.3. The molecule has 0 bridgehead atoms. The molecular formula is C63H110N8O20. The quantitative estimate of drug-likeness (QED) is 0.0420. The number of aromatic nitrogens is 2. The SMILES string of the molecule is CC(=O)C(CCCCNC(=O)COCCOCCNC(=O)COCCOCCCC(=O)COCCOCCNC(=O)COCCOCCNC(=O)CC[C@H](NC(=O)CCCCCCCCCCCCCCCCC(=O)O)C(=O)O)CCC(=O)[C@@H](N)Cc1cnc[nH]1. The zero-order chi connectivity index (χ0) is 66.6. The summed E-state index contributed by atoms with van der Waals surface area (Å²) in [6.07, 6.45) is 22.3. The molecule has 0 saturated carbocycles.